The van der Waals surface area contributed by atoms with Crippen molar-refractivity contribution < 1.29 is 84.2 Å². The van der Waals surface area contributed by atoms with Gasteiger partial charge in [0.05, 0.1) is 0 Å². The van der Waals surface area contributed by atoms with E-state index in [-0.39, 0.29) is 11.4 Å². The summed E-state index contributed by atoms with van der Waals surface area (Å²) < 4.78 is 233. The molecule has 0 amide bonds. The Morgan fingerprint density at radius 2 is 1.15 bits per heavy atom. The SMILES string of the molecule is CCc1cnc(-c2ccc(CCC(=O)OC(F)C(F)(F)C(F)(F)C(F)(F)C(F)(F)C(F)(F)C(F)(F)C(F)C(F)C(F)F)cc2)nc1. The number of rotatable bonds is 15. The number of benzene rings is 1. The highest BCUT2D eigenvalue weighted by molar-refractivity contribution is 5.70. The van der Waals surface area contributed by atoms with Crippen LogP contribution in [0.25, 0.3) is 11.4 Å². The molecule has 0 spiro atoms. The maximum Gasteiger partial charge on any atom is 0.385 e. The molecule has 260 valence electrons. The maximum absolute atomic E-state index is 14.0. The molecule has 3 atom stereocenters. The fourth-order valence-electron chi connectivity index (χ4n) is 3.46. The number of aromatic nitrogens is 2. The zero-order valence-electron chi connectivity index (χ0n) is 22.5. The minimum Gasteiger partial charge on any atom is -0.424 e. The number of hydrogen-bond donors (Lipinski definition) is 0. The molecule has 1 heterocycles. The van der Waals surface area contributed by atoms with Crippen LogP contribution >= 0.6 is 0 Å². The van der Waals surface area contributed by atoms with Crippen molar-refractivity contribution in [2.45, 2.75) is 86.8 Å². The molecule has 2 rings (SSSR count). The summed E-state index contributed by atoms with van der Waals surface area (Å²) in [5.41, 5.74) is 1.40. The molecule has 46 heavy (non-hydrogen) atoms. The number of esters is 1. The van der Waals surface area contributed by atoms with Gasteiger partial charge in [0.2, 0.25) is 6.17 Å². The Morgan fingerprint density at radius 1 is 0.696 bits per heavy atom. The minimum atomic E-state index is -8.51. The van der Waals surface area contributed by atoms with E-state index >= 15 is 0 Å². The normalized spacial score (nSPS) is 15.9. The molecule has 2 aromatic rings. The lowest BCUT2D eigenvalue weighted by Crippen LogP contribution is -2.73. The molecule has 0 saturated heterocycles. The van der Waals surface area contributed by atoms with Crippen molar-refractivity contribution in [3.63, 3.8) is 0 Å². The number of ether oxygens (including phenoxy) is 1. The van der Waals surface area contributed by atoms with Gasteiger partial charge in [0.15, 0.2) is 12.0 Å². The van der Waals surface area contributed by atoms with Gasteiger partial charge in [-0.25, -0.2) is 27.5 Å². The molecule has 0 fully saturated rings. The van der Waals surface area contributed by atoms with E-state index < -0.39 is 79.5 Å². The first-order valence-corrected chi connectivity index (χ1v) is 12.4. The first kappa shape index (κ1) is 38.8. The zero-order chi connectivity index (χ0) is 35.7. The fraction of sp³-hybridized carbons (Fsp3) is 0.560. The Kier molecular flexibility index (Phi) is 11.3. The van der Waals surface area contributed by atoms with Crippen LogP contribution in [0.1, 0.15) is 24.5 Å². The van der Waals surface area contributed by atoms with Crippen LogP contribution in [0.3, 0.4) is 0 Å². The van der Waals surface area contributed by atoms with Crippen molar-refractivity contribution in [2.75, 3.05) is 0 Å². The predicted octanol–water partition coefficient (Wildman–Crippen LogP) is 8.23. The summed E-state index contributed by atoms with van der Waals surface area (Å²) in [5.74, 6) is -50.4. The van der Waals surface area contributed by atoms with Gasteiger partial charge in [-0.05, 0) is 24.0 Å². The van der Waals surface area contributed by atoms with Gasteiger partial charge in [0, 0.05) is 24.4 Å². The van der Waals surface area contributed by atoms with E-state index in [0.29, 0.717) is 12.0 Å². The number of carbonyl (C=O) groups excluding carboxylic acids is 1. The predicted molar refractivity (Wildman–Crippen MR) is 122 cm³/mol. The Balaban J connectivity index is 2.19. The van der Waals surface area contributed by atoms with Crippen LogP contribution in [0.4, 0.5) is 74.6 Å². The number of alkyl halides is 17. The highest BCUT2D eigenvalue weighted by atomic mass is 19.4. The molecule has 1 aromatic carbocycles. The first-order valence-electron chi connectivity index (χ1n) is 12.4. The number of nitrogens with zero attached hydrogens (tertiary/aromatic N) is 2. The molecule has 4 nitrogen and oxygen atoms in total. The third kappa shape index (κ3) is 6.82. The van der Waals surface area contributed by atoms with Crippen LogP contribution in [-0.4, -0.2) is 76.6 Å². The van der Waals surface area contributed by atoms with Crippen LogP contribution in [0.5, 0.6) is 0 Å². The fourth-order valence-corrected chi connectivity index (χ4v) is 3.46. The van der Waals surface area contributed by atoms with Crippen molar-refractivity contribution in [3.05, 3.63) is 47.8 Å². The Hall–Kier alpha value is -3.42. The summed E-state index contributed by atoms with van der Waals surface area (Å²) in [6, 6.07) is 5.37. The summed E-state index contributed by atoms with van der Waals surface area (Å²) in [6.45, 7) is 1.84. The number of halogens is 17. The molecule has 0 saturated carbocycles. The number of aryl methyl sites for hydroxylation is 2. The summed E-state index contributed by atoms with van der Waals surface area (Å²) in [6.07, 6.45) is -19.1. The highest BCUT2D eigenvalue weighted by Gasteiger charge is 2.92. The van der Waals surface area contributed by atoms with Crippen molar-refractivity contribution >= 4 is 5.97 Å². The Bertz CT molecular complexity index is 1320. The van der Waals surface area contributed by atoms with Crippen LogP contribution in [-0.2, 0) is 22.4 Å². The van der Waals surface area contributed by atoms with Crippen molar-refractivity contribution in [1.29, 1.82) is 0 Å². The van der Waals surface area contributed by atoms with Gasteiger partial charge in [-0.2, -0.15) is 57.1 Å². The van der Waals surface area contributed by atoms with Gasteiger partial charge >= 0.3 is 47.9 Å². The van der Waals surface area contributed by atoms with E-state index in [4.69, 9.17) is 0 Å². The van der Waals surface area contributed by atoms with E-state index in [0.717, 1.165) is 5.56 Å². The first-order chi connectivity index (χ1) is 20.8. The van der Waals surface area contributed by atoms with E-state index in [2.05, 4.69) is 14.7 Å². The summed E-state index contributed by atoms with van der Waals surface area (Å²) in [7, 11) is 0. The largest absolute Gasteiger partial charge is 0.424 e. The quantitative estimate of drug-likeness (QED) is 0.139. The second-order valence-corrected chi connectivity index (χ2v) is 9.50. The number of hydrogen-bond acceptors (Lipinski definition) is 4. The van der Waals surface area contributed by atoms with E-state index in [9.17, 15) is 79.4 Å². The lowest BCUT2D eigenvalue weighted by molar-refractivity contribution is -0.439. The molecule has 0 N–H and O–H groups in total. The molecule has 0 bridgehead atoms. The minimum absolute atomic E-state index is 0.168. The van der Waals surface area contributed by atoms with Crippen LogP contribution < -0.4 is 0 Å². The van der Waals surface area contributed by atoms with Gasteiger partial charge in [-0.1, -0.05) is 31.2 Å². The molecule has 0 radical (unpaired) electrons. The number of carbonyl (C=O) groups is 1. The van der Waals surface area contributed by atoms with Gasteiger partial charge in [0.25, 0.3) is 6.43 Å². The maximum atomic E-state index is 14.0. The second kappa shape index (κ2) is 13.4. The Morgan fingerprint density at radius 3 is 1.59 bits per heavy atom. The van der Waals surface area contributed by atoms with Crippen LogP contribution in [0.15, 0.2) is 36.7 Å². The van der Waals surface area contributed by atoms with Crippen LogP contribution in [0.2, 0.25) is 0 Å². The lowest BCUT2D eigenvalue weighted by atomic mass is 9.89. The molecule has 0 aliphatic rings. The molecule has 21 heteroatoms. The lowest BCUT2D eigenvalue weighted by Gasteiger charge is -2.42. The average Bonchev–Trinajstić information content (AvgIpc) is 2.98. The third-order valence-electron chi connectivity index (χ3n) is 6.35. The van der Waals surface area contributed by atoms with Crippen molar-refractivity contribution in [2.24, 2.45) is 0 Å². The van der Waals surface area contributed by atoms with Gasteiger partial charge in [0.1, 0.15) is 0 Å². The van der Waals surface area contributed by atoms with Crippen molar-refractivity contribution in [1.82, 2.24) is 9.97 Å². The van der Waals surface area contributed by atoms with Crippen molar-refractivity contribution in [3.8, 4) is 11.4 Å². The smallest absolute Gasteiger partial charge is 0.385 e. The third-order valence-corrected chi connectivity index (χ3v) is 6.35. The molecule has 1 aromatic heterocycles. The van der Waals surface area contributed by atoms with E-state index in [1.165, 1.54) is 36.7 Å². The molecule has 0 aliphatic carbocycles. The van der Waals surface area contributed by atoms with Gasteiger partial charge in [-0.3, -0.25) is 4.79 Å². The second-order valence-electron chi connectivity index (χ2n) is 9.50. The topological polar surface area (TPSA) is 52.1 Å². The highest BCUT2D eigenvalue weighted by Crippen LogP contribution is 2.61. The monoisotopic (exact) mass is 702 g/mol. The van der Waals surface area contributed by atoms with E-state index in [1.54, 1.807) is 0 Å². The summed E-state index contributed by atoms with van der Waals surface area (Å²) in [4.78, 5) is 19.9. The van der Waals surface area contributed by atoms with E-state index in [1.807, 2.05) is 6.92 Å². The summed E-state index contributed by atoms with van der Waals surface area (Å²) in [5, 5.41) is 0. The standard InChI is InChI=1S/C25H19F17N2O2/c1-2-11-9-43-18(44-10-11)13-6-3-12(4-7-13)5-8-14(45)46-19(30)21(33,34)23(37,38)25(41,42)24(39,40)22(35,36)20(31,32)16(27)15(26)17(28)29/h3-4,6-7,9-10,15-17,19H,2,5,8H2,1H3. The average molecular weight is 702 g/mol. The van der Waals surface area contributed by atoms with Gasteiger partial charge < -0.3 is 4.74 Å². The van der Waals surface area contributed by atoms with Crippen LogP contribution in [0, 0.1) is 0 Å². The molecular formula is C25H19F17N2O2. The zero-order valence-corrected chi connectivity index (χ0v) is 22.5. The Labute approximate surface area is 246 Å². The molecule has 0 aliphatic heterocycles. The van der Waals surface area contributed by atoms with Gasteiger partial charge in [-0.15, -0.1) is 0 Å². The molecular weight excluding hydrogens is 683 g/mol. The summed E-state index contributed by atoms with van der Waals surface area (Å²) >= 11 is 0. The molecule has 3 unspecified atom stereocenters.